The average Bonchev–Trinajstić information content (AvgIpc) is 2.53. The number of carbonyl (C=O) groups excluding carboxylic acids is 1. The van der Waals surface area contributed by atoms with Gasteiger partial charge >= 0.3 is 0 Å². The van der Waals surface area contributed by atoms with Crippen molar-refractivity contribution in [2.45, 2.75) is 51.9 Å². The summed E-state index contributed by atoms with van der Waals surface area (Å²) in [4.78, 5) is 12.7. The van der Waals surface area contributed by atoms with Crippen molar-refractivity contribution in [3.63, 3.8) is 0 Å². The summed E-state index contributed by atoms with van der Waals surface area (Å²) in [7, 11) is 1.66. The number of methoxy groups -OCH3 is 1. The fourth-order valence-electron chi connectivity index (χ4n) is 3.07. The first-order chi connectivity index (χ1) is 10.8. The molecule has 0 aliphatic heterocycles. The molecular formula is C18H28N2O3. The highest BCUT2D eigenvalue weighted by atomic mass is 16.5. The summed E-state index contributed by atoms with van der Waals surface area (Å²) >= 11 is 0. The number of nitrogens with two attached hydrogens (primary N) is 1. The van der Waals surface area contributed by atoms with E-state index in [0.29, 0.717) is 13.0 Å². The maximum Gasteiger partial charge on any atom is 0.245 e. The lowest BCUT2D eigenvalue weighted by Gasteiger charge is -2.57. The first-order valence-electron chi connectivity index (χ1n) is 8.11. The Balaban J connectivity index is 2.11. The highest BCUT2D eigenvalue weighted by Gasteiger charge is 2.62. The molecule has 0 radical (unpaired) electrons. The van der Waals surface area contributed by atoms with Gasteiger partial charge in [-0.2, -0.15) is 0 Å². The summed E-state index contributed by atoms with van der Waals surface area (Å²) in [5.74, 6) is -0.166. The van der Waals surface area contributed by atoms with Crippen LogP contribution in [0.2, 0.25) is 0 Å². The third-order valence-electron chi connectivity index (χ3n) is 5.20. The molecule has 0 heterocycles. The first-order valence-corrected chi connectivity index (χ1v) is 8.11. The van der Waals surface area contributed by atoms with Crippen molar-refractivity contribution in [2.75, 3.05) is 19.0 Å². The SMILES string of the molecule is CCOC1CC(N)(C(=O)Nc2cccc(C(C)OC)c2)C1(C)C. The van der Waals surface area contributed by atoms with Crippen LogP contribution in [0.25, 0.3) is 0 Å². The van der Waals surface area contributed by atoms with Crippen LogP contribution in [0.4, 0.5) is 5.69 Å². The second kappa shape index (κ2) is 6.59. The van der Waals surface area contributed by atoms with Crippen molar-refractivity contribution >= 4 is 11.6 Å². The minimum Gasteiger partial charge on any atom is -0.378 e. The standard InChI is InChI=1S/C18H28N2O3/c1-6-23-15-11-18(19,17(15,3)4)16(21)20-14-9-7-8-13(10-14)12(2)22-5/h7-10,12,15H,6,11,19H2,1-5H3,(H,20,21). The minimum absolute atomic E-state index is 0.0168. The molecule has 3 unspecified atom stereocenters. The quantitative estimate of drug-likeness (QED) is 0.845. The average molecular weight is 320 g/mol. The number of benzene rings is 1. The van der Waals surface area contributed by atoms with Crippen molar-refractivity contribution in [3.05, 3.63) is 29.8 Å². The molecule has 2 rings (SSSR count). The number of hydrogen-bond acceptors (Lipinski definition) is 4. The van der Waals surface area contributed by atoms with Crippen LogP contribution in [-0.4, -0.2) is 31.3 Å². The Hall–Kier alpha value is -1.43. The summed E-state index contributed by atoms with van der Waals surface area (Å²) < 4.78 is 11.0. The highest BCUT2D eigenvalue weighted by Crippen LogP contribution is 2.50. The van der Waals surface area contributed by atoms with Gasteiger partial charge in [0, 0.05) is 31.2 Å². The van der Waals surface area contributed by atoms with Gasteiger partial charge < -0.3 is 20.5 Å². The Morgan fingerprint density at radius 1 is 1.48 bits per heavy atom. The van der Waals surface area contributed by atoms with E-state index in [1.54, 1.807) is 7.11 Å². The molecule has 1 amide bonds. The van der Waals surface area contributed by atoms with Gasteiger partial charge in [-0.3, -0.25) is 4.79 Å². The number of anilines is 1. The summed E-state index contributed by atoms with van der Waals surface area (Å²) in [5, 5.41) is 2.95. The molecule has 1 aromatic rings. The van der Waals surface area contributed by atoms with Crippen molar-refractivity contribution in [1.29, 1.82) is 0 Å². The number of rotatable bonds is 6. The molecule has 128 valence electrons. The van der Waals surface area contributed by atoms with Crippen LogP contribution in [0, 0.1) is 5.41 Å². The molecule has 1 aliphatic rings. The van der Waals surface area contributed by atoms with Crippen molar-refractivity contribution in [2.24, 2.45) is 11.1 Å². The minimum atomic E-state index is -0.921. The van der Waals surface area contributed by atoms with E-state index >= 15 is 0 Å². The molecule has 3 atom stereocenters. The molecule has 5 nitrogen and oxygen atoms in total. The third-order valence-corrected chi connectivity index (χ3v) is 5.20. The van der Waals surface area contributed by atoms with Crippen molar-refractivity contribution in [3.8, 4) is 0 Å². The van der Waals surface area contributed by atoms with E-state index in [9.17, 15) is 4.79 Å². The van der Waals surface area contributed by atoms with Crippen LogP contribution in [-0.2, 0) is 14.3 Å². The Morgan fingerprint density at radius 3 is 2.74 bits per heavy atom. The summed E-state index contributed by atoms with van der Waals surface area (Å²) in [6, 6.07) is 7.65. The number of amides is 1. The Bertz CT molecular complexity index is 573. The predicted molar refractivity (Wildman–Crippen MR) is 91.2 cm³/mol. The molecule has 1 aromatic carbocycles. The van der Waals surface area contributed by atoms with E-state index in [1.807, 2.05) is 52.0 Å². The zero-order chi connectivity index (χ0) is 17.3. The molecular weight excluding hydrogens is 292 g/mol. The van der Waals surface area contributed by atoms with E-state index in [2.05, 4.69) is 5.32 Å². The number of hydrogen-bond donors (Lipinski definition) is 2. The van der Waals surface area contributed by atoms with Gasteiger partial charge in [0.1, 0.15) is 5.54 Å². The fraction of sp³-hybridized carbons (Fsp3) is 0.611. The van der Waals surface area contributed by atoms with Crippen molar-refractivity contribution < 1.29 is 14.3 Å². The number of carbonyl (C=O) groups is 1. The Labute approximate surface area is 138 Å². The van der Waals surface area contributed by atoms with Crippen LogP contribution < -0.4 is 11.1 Å². The summed E-state index contributed by atoms with van der Waals surface area (Å²) in [6.07, 6.45) is 0.526. The molecule has 0 bridgehead atoms. The van der Waals surface area contributed by atoms with Gasteiger partial charge in [0.15, 0.2) is 0 Å². The van der Waals surface area contributed by atoms with Gasteiger partial charge in [-0.25, -0.2) is 0 Å². The number of nitrogens with one attached hydrogen (secondary N) is 1. The third kappa shape index (κ3) is 3.13. The number of ether oxygens (including phenoxy) is 2. The van der Waals surface area contributed by atoms with E-state index in [1.165, 1.54) is 0 Å². The normalized spacial score (nSPS) is 27.1. The lowest BCUT2D eigenvalue weighted by atomic mass is 9.54. The largest absolute Gasteiger partial charge is 0.378 e. The molecule has 1 fully saturated rings. The van der Waals surface area contributed by atoms with Gasteiger partial charge in [0.05, 0.1) is 12.2 Å². The van der Waals surface area contributed by atoms with E-state index in [4.69, 9.17) is 15.2 Å². The molecule has 3 N–H and O–H groups in total. The van der Waals surface area contributed by atoms with E-state index < -0.39 is 11.0 Å². The van der Waals surface area contributed by atoms with Gasteiger partial charge in [-0.05, 0) is 31.5 Å². The molecule has 0 saturated heterocycles. The molecule has 1 aliphatic carbocycles. The fourth-order valence-corrected chi connectivity index (χ4v) is 3.07. The van der Waals surface area contributed by atoms with Crippen LogP contribution >= 0.6 is 0 Å². The maximum absolute atomic E-state index is 12.7. The Kier molecular flexibility index (Phi) is 5.14. The summed E-state index contributed by atoms with van der Waals surface area (Å²) in [5.41, 5.74) is 6.82. The molecule has 23 heavy (non-hydrogen) atoms. The monoisotopic (exact) mass is 320 g/mol. The van der Waals surface area contributed by atoms with Crippen molar-refractivity contribution in [1.82, 2.24) is 0 Å². The lowest BCUT2D eigenvalue weighted by Crippen LogP contribution is -2.74. The second-order valence-electron chi connectivity index (χ2n) is 6.80. The molecule has 0 spiro atoms. The first kappa shape index (κ1) is 17.9. The van der Waals surface area contributed by atoms with Gasteiger partial charge in [0.2, 0.25) is 5.91 Å². The highest BCUT2D eigenvalue weighted by molar-refractivity contribution is 5.99. The van der Waals surface area contributed by atoms with Gasteiger partial charge in [-0.15, -0.1) is 0 Å². The van der Waals surface area contributed by atoms with Crippen LogP contribution in [0.15, 0.2) is 24.3 Å². The zero-order valence-corrected chi connectivity index (χ0v) is 14.7. The lowest BCUT2D eigenvalue weighted by molar-refractivity contribution is -0.166. The molecule has 0 aromatic heterocycles. The Morgan fingerprint density at radius 2 is 2.17 bits per heavy atom. The topological polar surface area (TPSA) is 73.6 Å². The maximum atomic E-state index is 12.7. The van der Waals surface area contributed by atoms with E-state index in [-0.39, 0.29) is 18.1 Å². The second-order valence-corrected chi connectivity index (χ2v) is 6.80. The van der Waals surface area contributed by atoms with E-state index in [0.717, 1.165) is 11.3 Å². The van der Waals surface area contributed by atoms with Crippen LogP contribution in [0.3, 0.4) is 0 Å². The summed E-state index contributed by atoms with van der Waals surface area (Å²) in [6.45, 7) is 8.52. The smallest absolute Gasteiger partial charge is 0.245 e. The predicted octanol–water partition coefficient (Wildman–Crippen LogP) is 2.87. The zero-order valence-electron chi connectivity index (χ0n) is 14.7. The molecule has 5 heteroatoms. The van der Waals surface area contributed by atoms with Gasteiger partial charge in [0.25, 0.3) is 0 Å². The van der Waals surface area contributed by atoms with Crippen LogP contribution in [0.5, 0.6) is 0 Å². The molecule has 1 saturated carbocycles. The van der Waals surface area contributed by atoms with Crippen LogP contribution in [0.1, 0.15) is 45.8 Å². The van der Waals surface area contributed by atoms with Gasteiger partial charge in [-0.1, -0.05) is 26.0 Å².